The van der Waals surface area contributed by atoms with Gasteiger partial charge in [-0.15, -0.1) is 12.4 Å². The predicted octanol–water partition coefficient (Wildman–Crippen LogP) is 1.89. The van der Waals surface area contributed by atoms with Gasteiger partial charge in [-0.25, -0.2) is 4.84 Å². The second kappa shape index (κ2) is 6.26. The number of aliphatic hydroxyl groups excluding tert-OH is 1. The Bertz CT molecular complexity index is 201. The average molecular weight is 208 g/mol. The second-order valence-corrected chi connectivity index (χ2v) is 2.47. The minimum absolute atomic E-state index is 0. The van der Waals surface area contributed by atoms with Crippen molar-refractivity contribution in [3.05, 3.63) is 35.9 Å². The molecule has 1 aromatic carbocycles. The molecule has 0 aromatic heterocycles. The van der Waals surface area contributed by atoms with Gasteiger partial charge in [-0.3, -0.25) is 0 Å². The van der Waals surface area contributed by atoms with Crippen LogP contribution in [0.1, 0.15) is 11.6 Å². The first-order valence-electron chi connectivity index (χ1n) is 3.40. The molecule has 0 saturated carbocycles. The fourth-order valence-electron chi connectivity index (χ4n) is 0.888. The third-order valence-electron chi connectivity index (χ3n) is 1.52. The van der Waals surface area contributed by atoms with E-state index in [-0.39, 0.29) is 25.1 Å². The molecule has 0 unspecified atom stereocenters. The van der Waals surface area contributed by atoms with Gasteiger partial charge in [0, 0.05) is 0 Å². The molecule has 0 radical (unpaired) electrons. The summed E-state index contributed by atoms with van der Waals surface area (Å²) in [4.78, 5) is 2.49. The van der Waals surface area contributed by atoms with E-state index in [1.54, 1.807) is 0 Å². The Balaban J connectivity index is 0.00000121. The Morgan fingerprint density at radius 3 is 2.33 bits per heavy atom. The zero-order valence-corrected chi connectivity index (χ0v) is 7.98. The molecule has 0 aliphatic rings. The second-order valence-electron chi connectivity index (χ2n) is 2.25. The number of hydrogen-bond acceptors (Lipinski definition) is 2. The maximum atomic E-state index is 8.83. The van der Waals surface area contributed by atoms with E-state index in [0.29, 0.717) is 0 Å². The van der Waals surface area contributed by atoms with Gasteiger partial charge in [-0.05, 0) is 17.3 Å². The summed E-state index contributed by atoms with van der Waals surface area (Å²) in [5.41, 5.74) is 0.991. The predicted molar refractivity (Wildman–Crippen MR) is 52.5 cm³/mol. The zero-order chi connectivity index (χ0) is 8.10. The third kappa shape index (κ3) is 2.99. The lowest BCUT2D eigenvalue weighted by Crippen LogP contribution is -2.14. The summed E-state index contributed by atoms with van der Waals surface area (Å²) in [5.74, 6) is 0. The van der Waals surface area contributed by atoms with Gasteiger partial charge in [0.05, 0.1) is 12.6 Å². The van der Waals surface area contributed by atoms with Crippen LogP contribution >= 0.6 is 24.2 Å². The van der Waals surface area contributed by atoms with Gasteiger partial charge in [-0.1, -0.05) is 30.3 Å². The number of hydrogen-bond donors (Lipinski definition) is 2. The first-order valence-corrected chi connectivity index (χ1v) is 3.78. The summed E-state index contributed by atoms with van der Waals surface area (Å²) in [6.07, 6.45) is 0. The van der Waals surface area contributed by atoms with Crippen LogP contribution in [0.4, 0.5) is 0 Å². The molecule has 1 aromatic rings. The van der Waals surface area contributed by atoms with Gasteiger partial charge in [0.25, 0.3) is 0 Å². The molecule has 68 valence electrons. The fraction of sp³-hybridized carbons (Fsp3) is 0.250. The summed E-state index contributed by atoms with van der Waals surface area (Å²) < 4.78 is 0. The zero-order valence-electron chi connectivity index (χ0n) is 6.40. The third-order valence-corrected chi connectivity index (χ3v) is 1.78. The standard InChI is InChI=1S/C8H10ClNO.ClH/c9-10-8(6-11)7-4-2-1-3-5-7;/h1-5,8,10-11H,6H2;1H/t8-;/m1./s1. The molecule has 2 N–H and O–H groups in total. The number of halogens is 2. The van der Waals surface area contributed by atoms with Crippen molar-refractivity contribution >= 4 is 24.2 Å². The number of nitrogens with one attached hydrogen (secondary N) is 1. The fourth-order valence-corrected chi connectivity index (χ4v) is 1.08. The molecule has 0 heterocycles. The Morgan fingerprint density at radius 2 is 1.92 bits per heavy atom. The molecule has 0 amide bonds. The van der Waals surface area contributed by atoms with Crippen LogP contribution in [-0.4, -0.2) is 11.7 Å². The normalized spacial score (nSPS) is 11.8. The van der Waals surface area contributed by atoms with Crippen molar-refractivity contribution in [1.29, 1.82) is 0 Å². The summed E-state index contributed by atoms with van der Waals surface area (Å²) in [5, 5.41) is 8.83. The lowest BCUT2D eigenvalue weighted by atomic mass is 10.1. The summed E-state index contributed by atoms with van der Waals surface area (Å²) in [6, 6.07) is 9.40. The van der Waals surface area contributed by atoms with Crippen molar-refractivity contribution < 1.29 is 5.11 Å². The van der Waals surface area contributed by atoms with E-state index in [9.17, 15) is 0 Å². The van der Waals surface area contributed by atoms with Crippen LogP contribution in [0.25, 0.3) is 0 Å². The highest BCUT2D eigenvalue weighted by Crippen LogP contribution is 2.11. The minimum Gasteiger partial charge on any atom is -0.394 e. The van der Waals surface area contributed by atoms with E-state index in [2.05, 4.69) is 4.84 Å². The maximum Gasteiger partial charge on any atom is 0.0701 e. The Kier molecular flexibility index (Phi) is 6.11. The van der Waals surface area contributed by atoms with Crippen LogP contribution in [0.5, 0.6) is 0 Å². The highest BCUT2D eigenvalue weighted by atomic mass is 35.5. The first-order chi connectivity index (χ1) is 5.38. The van der Waals surface area contributed by atoms with E-state index in [4.69, 9.17) is 16.9 Å². The van der Waals surface area contributed by atoms with Crippen molar-refractivity contribution in [2.75, 3.05) is 6.61 Å². The molecule has 1 rings (SSSR count). The first kappa shape index (κ1) is 11.7. The quantitative estimate of drug-likeness (QED) is 0.743. The molecule has 0 saturated heterocycles. The van der Waals surface area contributed by atoms with E-state index >= 15 is 0 Å². The highest BCUT2D eigenvalue weighted by molar-refractivity contribution is 6.13. The van der Waals surface area contributed by atoms with Crippen molar-refractivity contribution in [3.63, 3.8) is 0 Å². The monoisotopic (exact) mass is 207 g/mol. The van der Waals surface area contributed by atoms with Crippen LogP contribution in [0.2, 0.25) is 0 Å². The van der Waals surface area contributed by atoms with E-state index in [0.717, 1.165) is 5.56 Å². The van der Waals surface area contributed by atoms with Crippen molar-refractivity contribution in [1.82, 2.24) is 4.84 Å². The van der Waals surface area contributed by atoms with Gasteiger partial charge in [0.2, 0.25) is 0 Å². The average Bonchev–Trinajstić information content (AvgIpc) is 2.09. The van der Waals surface area contributed by atoms with Crippen molar-refractivity contribution in [2.45, 2.75) is 6.04 Å². The highest BCUT2D eigenvalue weighted by Gasteiger charge is 2.05. The van der Waals surface area contributed by atoms with Gasteiger partial charge in [0.15, 0.2) is 0 Å². The molecular weight excluding hydrogens is 197 g/mol. The lowest BCUT2D eigenvalue weighted by Gasteiger charge is -2.10. The Hall–Kier alpha value is -0.280. The maximum absolute atomic E-state index is 8.83. The van der Waals surface area contributed by atoms with E-state index < -0.39 is 0 Å². The van der Waals surface area contributed by atoms with Gasteiger partial charge in [0.1, 0.15) is 0 Å². The molecular formula is C8H11Cl2NO. The molecule has 12 heavy (non-hydrogen) atoms. The molecule has 0 aliphatic heterocycles. The van der Waals surface area contributed by atoms with Crippen molar-refractivity contribution in [2.24, 2.45) is 0 Å². The number of rotatable bonds is 3. The largest absolute Gasteiger partial charge is 0.394 e. The Labute approximate surface area is 83.1 Å². The molecule has 0 aliphatic carbocycles. The molecule has 1 atom stereocenters. The minimum atomic E-state index is -0.169. The lowest BCUT2D eigenvalue weighted by molar-refractivity contribution is 0.260. The number of aliphatic hydroxyl groups is 1. The smallest absolute Gasteiger partial charge is 0.0701 e. The van der Waals surface area contributed by atoms with Crippen LogP contribution in [0.15, 0.2) is 30.3 Å². The molecule has 0 fully saturated rings. The number of benzene rings is 1. The van der Waals surface area contributed by atoms with Crippen molar-refractivity contribution in [3.8, 4) is 0 Å². The summed E-state index contributed by atoms with van der Waals surface area (Å²) >= 11 is 5.39. The van der Waals surface area contributed by atoms with Crippen LogP contribution in [0, 0.1) is 0 Å². The van der Waals surface area contributed by atoms with Gasteiger partial charge in [-0.2, -0.15) is 0 Å². The molecule has 0 spiro atoms. The van der Waals surface area contributed by atoms with E-state index in [1.165, 1.54) is 0 Å². The Morgan fingerprint density at radius 1 is 1.33 bits per heavy atom. The SMILES string of the molecule is Cl.OC[C@@H](NCl)c1ccccc1. The summed E-state index contributed by atoms with van der Waals surface area (Å²) in [7, 11) is 0. The van der Waals surface area contributed by atoms with Crippen LogP contribution < -0.4 is 4.84 Å². The van der Waals surface area contributed by atoms with E-state index in [1.807, 2.05) is 30.3 Å². The summed E-state index contributed by atoms with van der Waals surface area (Å²) in [6.45, 7) is 0.00745. The van der Waals surface area contributed by atoms with Crippen LogP contribution in [0.3, 0.4) is 0 Å². The van der Waals surface area contributed by atoms with Gasteiger partial charge >= 0.3 is 0 Å². The topological polar surface area (TPSA) is 32.3 Å². The molecule has 2 nitrogen and oxygen atoms in total. The van der Waals surface area contributed by atoms with Gasteiger partial charge < -0.3 is 5.11 Å². The molecule has 4 heteroatoms. The molecule has 0 bridgehead atoms. The van der Waals surface area contributed by atoms with Crippen LogP contribution in [-0.2, 0) is 0 Å².